The van der Waals surface area contributed by atoms with E-state index in [-0.39, 0.29) is 11.3 Å². The molecule has 3 aromatic rings. The molecule has 0 saturated heterocycles. The van der Waals surface area contributed by atoms with Crippen LogP contribution >= 0.6 is 0 Å². The Labute approximate surface area is 126 Å². The van der Waals surface area contributed by atoms with E-state index in [4.69, 9.17) is 4.42 Å². The molecule has 22 heavy (non-hydrogen) atoms. The molecule has 0 bridgehead atoms. The quantitative estimate of drug-likeness (QED) is 0.736. The van der Waals surface area contributed by atoms with Crippen molar-refractivity contribution in [3.63, 3.8) is 0 Å². The van der Waals surface area contributed by atoms with Gasteiger partial charge in [-0.1, -0.05) is 18.2 Å². The van der Waals surface area contributed by atoms with Gasteiger partial charge in [-0.15, -0.1) is 0 Å². The Kier molecular flexibility index (Phi) is 3.47. The average molecular weight is 294 g/mol. The molecule has 0 saturated carbocycles. The SMILES string of the molecule is Cc1ccc2cccc(N=Cc3c(O)cc(C)oc3=O)c2n1. The summed E-state index contributed by atoms with van der Waals surface area (Å²) >= 11 is 0. The minimum Gasteiger partial charge on any atom is -0.507 e. The number of aliphatic imine (C=N–C) groups is 1. The predicted molar refractivity (Wildman–Crippen MR) is 85.1 cm³/mol. The van der Waals surface area contributed by atoms with Gasteiger partial charge >= 0.3 is 5.63 Å². The van der Waals surface area contributed by atoms with E-state index < -0.39 is 5.63 Å². The smallest absolute Gasteiger partial charge is 0.348 e. The Morgan fingerprint density at radius 1 is 1.23 bits per heavy atom. The number of benzene rings is 1. The molecule has 0 unspecified atom stereocenters. The maximum atomic E-state index is 11.8. The van der Waals surface area contributed by atoms with Crippen LogP contribution < -0.4 is 5.63 Å². The summed E-state index contributed by atoms with van der Waals surface area (Å²) < 4.78 is 4.96. The number of aromatic hydroxyl groups is 1. The molecule has 0 aliphatic carbocycles. The van der Waals surface area contributed by atoms with Gasteiger partial charge in [0.15, 0.2) is 0 Å². The monoisotopic (exact) mass is 294 g/mol. The van der Waals surface area contributed by atoms with Gasteiger partial charge in [0.25, 0.3) is 0 Å². The van der Waals surface area contributed by atoms with Crippen molar-refractivity contribution in [2.45, 2.75) is 13.8 Å². The number of fused-ring (bicyclic) bond motifs is 1. The van der Waals surface area contributed by atoms with E-state index in [1.165, 1.54) is 12.3 Å². The van der Waals surface area contributed by atoms with Crippen LogP contribution in [0.2, 0.25) is 0 Å². The van der Waals surface area contributed by atoms with Crippen molar-refractivity contribution in [3.8, 4) is 5.75 Å². The number of para-hydroxylation sites is 1. The van der Waals surface area contributed by atoms with Gasteiger partial charge in [0.1, 0.15) is 17.1 Å². The van der Waals surface area contributed by atoms with Gasteiger partial charge in [-0.2, -0.15) is 0 Å². The van der Waals surface area contributed by atoms with Gasteiger partial charge in [-0.25, -0.2) is 4.79 Å². The normalized spacial score (nSPS) is 11.4. The summed E-state index contributed by atoms with van der Waals surface area (Å²) in [7, 11) is 0. The van der Waals surface area contributed by atoms with Gasteiger partial charge in [0.05, 0.1) is 11.2 Å². The average Bonchev–Trinajstić information content (AvgIpc) is 2.46. The number of aromatic nitrogens is 1. The lowest BCUT2D eigenvalue weighted by Gasteiger charge is -2.02. The Balaban J connectivity index is 2.11. The maximum Gasteiger partial charge on any atom is 0.348 e. The molecule has 0 aliphatic rings. The highest BCUT2D eigenvalue weighted by molar-refractivity contribution is 5.93. The molecule has 1 N–H and O–H groups in total. The van der Waals surface area contributed by atoms with E-state index in [9.17, 15) is 9.90 Å². The van der Waals surface area contributed by atoms with E-state index in [2.05, 4.69) is 9.98 Å². The minimum atomic E-state index is -0.620. The van der Waals surface area contributed by atoms with E-state index in [1.54, 1.807) is 13.0 Å². The number of hydrogen-bond donors (Lipinski definition) is 1. The van der Waals surface area contributed by atoms with Crippen LogP contribution in [0.1, 0.15) is 17.0 Å². The molecule has 0 atom stereocenters. The Morgan fingerprint density at radius 3 is 2.82 bits per heavy atom. The molecular weight excluding hydrogens is 280 g/mol. The lowest BCUT2D eigenvalue weighted by molar-refractivity contribution is 0.433. The molecule has 0 aliphatic heterocycles. The zero-order valence-electron chi connectivity index (χ0n) is 12.2. The second kappa shape index (κ2) is 5.44. The molecule has 110 valence electrons. The maximum absolute atomic E-state index is 11.8. The van der Waals surface area contributed by atoms with Gasteiger partial charge in [-0.05, 0) is 26.0 Å². The first kappa shape index (κ1) is 14.0. The molecule has 0 spiro atoms. The second-order valence-corrected chi connectivity index (χ2v) is 5.00. The molecule has 0 amide bonds. The van der Waals surface area contributed by atoms with Crippen molar-refractivity contribution in [3.05, 3.63) is 63.8 Å². The van der Waals surface area contributed by atoms with Crippen molar-refractivity contribution >= 4 is 22.8 Å². The van der Waals surface area contributed by atoms with Gasteiger partial charge < -0.3 is 9.52 Å². The Bertz CT molecular complexity index is 942. The van der Waals surface area contributed by atoms with E-state index in [1.807, 2.05) is 31.2 Å². The third-order valence-electron chi connectivity index (χ3n) is 3.26. The van der Waals surface area contributed by atoms with Crippen molar-refractivity contribution in [2.24, 2.45) is 4.99 Å². The van der Waals surface area contributed by atoms with Crippen molar-refractivity contribution in [1.82, 2.24) is 4.98 Å². The summed E-state index contributed by atoms with van der Waals surface area (Å²) in [4.78, 5) is 20.5. The van der Waals surface area contributed by atoms with Gasteiger partial charge in [0.2, 0.25) is 0 Å². The Hall–Kier alpha value is -2.95. The van der Waals surface area contributed by atoms with E-state index in [0.29, 0.717) is 11.4 Å². The van der Waals surface area contributed by atoms with Crippen molar-refractivity contribution in [1.29, 1.82) is 0 Å². The zero-order valence-corrected chi connectivity index (χ0v) is 12.2. The number of nitrogens with zero attached hydrogens (tertiary/aromatic N) is 2. The summed E-state index contributed by atoms with van der Waals surface area (Å²) in [6.07, 6.45) is 1.30. The third kappa shape index (κ3) is 2.61. The van der Waals surface area contributed by atoms with Crippen molar-refractivity contribution in [2.75, 3.05) is 0 Å². The van der Waals surface area contributed by atoms with Crippen LogP contribution in [0.4, 0.5) is 5.69 Å². The summed E-state index contributed by atoms with van der Waals surface area (Å²) in [5.74, 6) is 0.198. The highest BCUT2D eigenvalue weighted by Gasteiger charge is 2.08. The molecule has 2 aromatic heterocycles. The van der Waals surface area contributed by atoms with E-state index >= 15 is 0 Å². The van der Waals surface area contributed by atoms with Crippen LogP contribution in [0.25, 0.3) is 10.9 Å². The lowest BCUT2D eigenvalue weighted by Crippen LogP contribution is -2.07. The molecule has 2 heterocycles. The third-order valence-corrected chi connectivity index (χ3v) is 3.26. The first-order valence-corrected chi connectivity index (χ1v) is 6.79. The Morgan fingerprint density at radius 2 is 2.05 bits per heavy atom. The molecule has 0 fully saturated rings. The molecule has 5 heteroatoms. The largest absolute Gasteiger partial charge is 0.507 e. The summed E-state index contributed by atoms with van der Waals surface area (Å²) in [5.41, 5.74) is 1.66. The fourth-order valence-corrected chi connectivity index (χ4v) is 2.19. The van der Waals surface area contributed by atoms with Crippen LogP contribution in [0.15, 0.2) is 50.6 Å². The fraction of sp³-hybridized carbons (Fsp3) is 0.118. The molecule has 5 nitrogen and oxygen atoms in total. The molecule has 3 rings (SSSR count). The number of rotatable bonds is 2. The minimum absolute atomic E-state index is 0.0234. The summed E-state index contributed by atoms with van der Waals surface area (Å²) in [5, 5.41) is 10.8. The molecule has 0 radical (unpaired) electrons. The van der Waals surface area contributed by atoms with Crippen LogP contribution in [0.3, 0.4) is 0 Å². The number of hydrogen-bond acceptors (Lipinski definition) is 5. The lowest BCUT2D eigenvalue weighted by atomic mass is 10.2. The number of aryl methyl sites for hydroxylation is 2. The molecular formula is C17H14N2O3. The van der Waals surface area contributed by atoms with Crippen LogP contribution in [0.5, 0.6) is 5.75 Å². The van der Waals surface area contributed by atoms with Crippen LogP contribution in [-0.4, -0.2) is 16.3 Å². The summed E-state index contributed by atoms with van der Waals surface area (Å²) in [6, 6.07) is 10.9. The molecule has 1 aromatic carbocycles. The first-order valence-electron chi connectivity index (χ1n) is 6.79. The predicted octanol–water partition coefficient (Wildman–Crippen LogP) is 3.26. The first-order chi connectivity index (χ1) is 10.5. The highest BCUT2D eigenvalue weighted by Crippen LogP contribution is 2.24. The highest BCUT2D eigenvalue weighted by atomic mass is 16.4. The summed E-state index contributed by atoms with van der Waals surface area (Å²) in [6.45, 7) is 3.50. The van der Waals surface area contributed by atoms with Crippen LogP contribution in [-0.2, 0) is 0 Å². The fourth-order valence-electron chi connectivity index (χ4n) is 2.19. The standard InChI is InChI=1S/C17H14N2O3/c1-10-6-7-12-4-3-5-14(16(12)19-10)18-9-13-15(20)8-11(2)22-17(13)21/h3-9,20H,1-2H3. The van der Waals surface area contributed by atoms with Gasteiger partial charge in [-0.3, -0.25) is 9.98 Å². The van der Waals surface area contributed by atoms with Crippen LogP contribution in [0, 0.1) is 13.8 Å². The topological polar surface area (TPSA) is 75.7 Å². The number of pyridine rings is 1. The zero-order chi connectivity index (χ0) is 15.7. The van der Waals surface area contributed by atoms with Gasteiger partial charge in [0, 0.05) is 23.4 Å². The second-order valence-electron chi connectivity index (χ2n) is 5.00. The van der Waals surface area contributed by atoms with E-state index in [0.717, 1.165) is 16.6 Å². The van der Waals surface area contributed by atoms with Crippen molar-refractivity contribution < 1.29 is 9.52 Å².